The Morgan fingerprint density at radius 1 is 1.20 bits per heavy atom. The van der Waals surface area contributed by atoms with Crippen LogP contribution >= 0.6 is 43.6 Å². The van der Waals surface area contributed by atoms with Crippen LogP contribution in [0, 0.1) is 0 Å². The van der Waals surface area contributed by atoms with Crippen LogP contribution in [0.2, 0.25) is 0 Å². The van der Waals surface area contributed by atoms with Crippen molar-refractivity contribution in [2.45, 2.75) is 4.90 Å². The molecule has 0 fully saturated rings. The maximum Gasteiger partial charge on any atom is 0.234 e. The van der Waals surface area contributed by atoms with Crippen molar-refractivity contribution in [3.8, 4) is 5.75 Å². The number of nitrogens with one attached hydrogen (secondary N) is 1. The number of phenolic OH excluding ortho intramolecular Hbond substituents is 1. The van der Waals surface area contributed by atoms with Gasteiger partial charge in [0.2, 0.25) is 5.91 Å². The van der Waals surface area contributed by atoms with Crippen molar-refractivity contribution in [1.29, 1.82) is 0 Å². The van der Waals surface area contributed by atoms with Crippen LogP contribution in [0.1, 0.15) is 0 Å². The summed E-state index contributed by atoms with van der Waals surface area (Å²) in [5.74, 6) is 0.388. The Kier molecular flexibility index (Phi) is 5.51. The zero-order chi connectivity index (χ0) is 14.5. The molecule has 0 unspecified atom stereocenters. The monoisotopic (exact) mass is 415 g/mol. The van der Waals surface area contributed by atoms with Crippen LogP contribution < -0.4 is 5.32 Å². The highest BCUT2D eigenvalue weighted by Gasteiger charge is 2.07. The van der Waals surface area contributed by atoms with Crippen LogP contribution in [0.5, 0.6) is 5.75 Å². The van der Waals surface area contributed by atoms with Gasteiger partial charge in [0.25, 0.3) is 0 Å². The molecule has 0 saturated carbocycles. The van der Waals surface area contributed by atoms with E-state index in [1.807, 2.05) is 24.3 Å². The first kappa shape index (κ1) is 15.4. The molecule has 0 aliphatic rings. The fraction of sp³-hybridized carbons (Fsp3) is 0.0714. The van der Waals surface area contributed by atoms with Crippen molar-refractivity contribution < 1.29 is 9.90 Å². The molecule has 0 aromatic heterocycles. The van der Waals surface area contributed by atoms with Crippen molar-refractivity contribution in [2.75, 3.05) is 11.1 Å². The maximum absolute atomic E-state index is 11.9. The number of hydrogen-bond donors (Lipinski definition) is 2. The normalized spacial score (nSPS) is 10.3. The number of hydrogen-bond acceptors (Lipinski definition) is 3. The summed E-state index contributed by atoms with van der Waals surface area (Å²) in [6.07, 6.45) is 0. The Labute approximate surface area is 138 Å². The molecule has 2 rings (SSSR count). The molecule has 6 heteroatoms. The highest BCUT2D eigenvalue weighted by Crippen LogP contribution is 2.27. The van der Waals surface area contributed by atoms with Gasteiger partial charge >= 0.3 is 0 Å². The maximum atomic E-state index is 11.9. The average Bonchev–Trinajstić information content (AvgIpc) is 2.40. The third-order valence-corrected chi connectivity index (χ3v) is 4.54. The first-order valence-corrected chi connectivity index (χ1v) is 8.28. The lowest BCUT2D eigenvalue weighted by Gasteiger charge is -2.07. The van der Waals surface area contributed by atoms with Gasteiger partial charge in [0, 0.05) is 13.8 Å². The minimum atomic E-state index is -0.0960. The number of thioether (sulfide) groups is 1. The molecule has 20 heavy (non-hydrogen) atoms. The molecule has 2 N–H and O–H groups in total. The smallest absolute Gasteiger partial charge is 0.234 e. The van der Waals surface area contributed by atoms with Crippen LogP contribution in [0.4, 0.5) is 5.69 Å². The number of anilines is 1. The molecular weight excluding hydrogens is 406 g/mol. The zero-order valence-electron chi connectivity index (χ0n) is 10.3. The van der Waals surface area contributed by atoms with Gasteiger partial charge in [0.15, 0.2) is 0 Å². The van der Waals surface area contributed by atoms with Gasteiger partial charge in [-0.2, -0.15) is 0 Å². The van der Waals surface area contributed by atoms with Gasteiger partial charge in [-0.1, -0.05) is 22.0 Å². The topological polar surface area (TPSA) is 49.3 Å². The minimum Gasteiger partial charge on any atom is -0.508 e. The standard InChI is InChI=1S/C14H11Br2NO2S/c15-9-4-5-13(12(16)6-9)17-14(19)8-20-11-3-1-2-10(18)7-11/h1-7,18H,8H2,(H,17,19). The second kappa shape index (κ2) is 7.15. The SMILES string of the molecule is O=C(CSc1cccc(O)c1)Nc1ccc(Br)cc1Br. The summed E-state index contributed by atoms with van der Waals surface area (Å²) >= 11 is 8.13. The zero-order valence-corrected chi connectivity index (χ0v) is 14.3. The molecule has 0 atom stereocenters. The van der Waals surface area contributed by atoms with E-state index in [2.05, 4.69) is 37.2 Å². The molecule has 0 bridgehead atoms. The summed E-state index contributed by atoms with van der Waals surface area (Å²) in [6.45, 7) is 0. The number of benzene rings is 2. The lowest BCUT2D eigenvalue weighted by molar-refractivity contribution is -0.113. The van der Waals surface area contributed by atoms with Gasteiger partial charge in [-0.05, 0) is 52.3 Å². The quantitative estimate of drug-likeness (QED) is 0.713. The van der Waals surface area contributed by atoms with E-state index in [0.29, 0.717) is 0 Å². The second-order valence-corrected chi connectivity index (χ2v) is 6.78. The fourth-order valence-electron chi connectivity index (χ4n) is 1.50. The van der Waals surface area contributed by atoms with E-state index >= 15 is 0 Å². The van der Waals surface area contributed by atoms with E-state index in [0.717, 1.165) is 19.5 Å². The lowest BCUT2D eigenvalue weighted by atomic mass is 10.3. The molecule has 104 valence electrons. The third kappa shape index (κ3) is 4.54. The first-order chi connectivity index (χ1) is 9.54. The number of halogens is 2. The molecule has 2 aromatic rings. The molecule has 2 aromatic carbocycles. The molecule has 0 radical (unpaired) electrons. The number of rotatable bonds is 4. The number of carbonyl (C=O) groups excluding carboxylic acids is 1. The van der Waals surface area contributed by atoms with E-state index in [1.165, 1.54) is 11.8 Å². The summed E-state index contributed by atoms with van der Waals surface area (Å²) in [6, 6.07) is 12.4. The van der Waals surface area contributed by atoms with Gasteiger partial charge in [-0.3, -0.25) is 4.79 Å². The Morgan fingerprint density at radius 2 is 2.00 bits per heavy atom. The van der Waals surface area contributed by atoms with Gasteiger partial charge in [0.05, 0.1) is 11.4 Å². The highest BCUT2D eigenvalue weighted by atomic mass is 79.9. The summed E-state index contributed by atoms with van der Waals surface area (Å²) in [5, 5.41) is 12.2. The van der Waals surface area contributed by atoms with E-state index in [9.17, 15) is 9.90 Å². The molecule has 1 amide bonds. The van der Waals surface area contributed by atoms with Gasteiger partial charge in [-0.25, -0.2) is 0 Å². The number of amides is 1. The summed E-state index contributed by atoms with van der Waals surface area (Å²) in [4.78, 5) is 12.7. The molecule has 0 aliphatic heterocycles. The minimum absolute atomic E-state index is 0.0960. The van der Waals surface area contributed by atoms with Crippen LogP contribution in [-0.2, 0) is 4.79 Å². The van der Waals surface area contributed by atoms with Crippen LogP contribution in [-0.4, -0.2) is 16.8 Å². The van der Waals surface area contributed by atoms with Crippen LogP contribution in [0.3, 0.4) is 0 Å². The lowest BCUT2D eigenvalue weighted by Crippen LogP contribution is -2.14. The number of carbonyl (C=O) groups is 1. The van der Waals surface area contributed by atoms with Crippen molar-refractivity contribution in [3.05, 3.63) is 51.4 Å². The van der Waals surface area contributed by atoms with E-state index in [1.54, 1.807) is 18.2 Å². The Morgan fingerprint density at radius 3 is 2.70 bits per heavy atom. The summed E-state index contributed by atoms with van der Waals surface area (Å²) in [7, 11) is 0. The first-order valence-electron chi connectivity index (χ1n) is 5.71. The van der Waals surface area contributed by atoms with Crippen molar-refractivity contribution in [2.24, 2.45) is 0 Å². The van der Waals surface area contributed by atoms with Crippen LogP contribution in [0.15, 0.2) is 56.3 Å². The number of aromatic hydroxyl groups is 1. The van der Waals surface area contributed by atoms with Gasteiger partial charge in [0.1, 0.15) is 5.75 Å². The summed E-state index contributed by atoms with van der Waals surface area (Å²) in [5.41, 5.74) is 0.731. The molecule has 3 nitrogen and oxygen atoms in total. The predicted octanol–water partition coefficient (Wildman–Crippen LogP) is 4.65. The van der Waals surface area contributed by atoms with Gasteiger partial charge in [-0.15, -0.1) is 11.8 Å². The second-order valence-electron chi connectivity index (χ2n) is 3.96. The fourth-order valence-corrected chi connectivity index (χ4v) is 3.39. The Hall–Kier alpha value is -0.980. The predicted molar refractivity (Wildman–Crippen MR) is 89.3 cm³/mol. The third-order valence-electron chi connectivity index (χ3n) is 2.39. The molecule has 0 spiro atoms. The van der Waals surface area contributed by atoms with Crippen LogP contribution in [0.25, 0.3) is 0 Å². The molecular formula is C14H11Br2NO2S. The van der Waals surface area contributed by atoms with Crippen molar-refractivity contribution in [3.63, 3.8) is 0 Å². The van der Waals surface area contributed by atoms with Crippen molar-refractivity contribution in [1.82, 2.24) is 0 Å². The van der Waals surface area contributed by atoms with E-state index in [-0.39, 0.29) is 17.4 Å². The molecule has 0 saturated heterocycles. The van der Waals surface area contributed by atoms with E-state index in [4.69, 9.17) is 0 Å². The Bertz CT molecular complexity index is 634. The van der Waals surface area contributed by atoms with Crippen molar-refractivity contribution >= 4 is 55.2 Å². The van der Waals surface area contributed by atoms with Gasteiger partial charge < -0.3 is 10.4 Å². The highest BCUT2D eigenvalue weighted by molar-refractivity contribution is 9.11. The Balaban J connectivity index is 1.92. The average molecular weight is 417 g/mol. The molecule has 0 aliphatic carbocycles. The van der Waals surface area contributed by atoms with E-state index < -0.39 is 0 Å². The number of phenols is 1. The summed E-state index contributed by atoms with van der Waals surface area (Å²) < 4.78 is 1.76. The molecule has 0 heterocycles. The largest absolute Gasteiger partial charge is 0.508 e.